The summed E-state index contributed by atoms with van der Waals surface area (Å²) < 4.78 is 0. The first-order valence-corrected chi connectivity index (χ1v) is 5.45. The third-order valence-electron chi connectivity index (χ3n) is 2.19. The topological polar surface area (TPSA) is 42.0 Å². The van der Waals surface area contributed by atoms with Gasteiger partial charge in [-0.2, -0.15) is 0 Å². The van der Waals surface area contributed by atoms with Crippen molar-refractivity contribution in [1.29, 1.82) is 0 Å². The zero-order chi connectivity index (χ0) is 11.1. The Morgan fingerprint density at radius 3 is 2.93 bits per heavy atom. The fourth-order valence-electron chi connectivity index (χ4n) is 1.35. The Morgan fingerprint density at radius 1 is 1.47 bits per heavy atom. The second kappa shape index (κ2) is 6.17. The maximum atomic E-state index is 11.4. The highest BCUT2D eigenvalue weighted by Gasteiger charge is 2.02. The smallest absolute Gasteiger partial charge is 0.225 e. The monoisotopic (exact) mass is 206 g/mol. The van der Waals surface area contributed by atoms with Crippen LogP contribution < -0.4 is 5.32 Å². The number of hydrogen-bond donors (Lipinski definition) is 1. The van der Waals surface area contributed by atoms with Crippen molar-refractivity contribution in [2.75, 3.05) is 5.32 Å². The van der Waals surface area contributed by atoms with Gasteiger partial charge in [0.15, 0.2) is 0 Å². The summed E-state index contributed by atoms with van der Waals surface area (Å²) >= 11 is 0. The normalized spacial score (nSPS) is 10.0. The van der Waals surface area contributed by atoms with E-state index >= 15 is 0 Å². The molecular formula is C12H18N2O. The Morgan fingerprint density at radius 2 is 2.27 bits per heavy atom. The minimum absolute atomic E-state index is 0.0570. The SMILES string of the molecule is CCCCCC(=O)Nc1cc(C)ccn1. The second-order valence-corrected chi connectivity index (χ2v) is 3.72. The van der Waals surface area contributed by atoms with E-state index in [0.29, 0.717) is 12.2 Å². The molecule has 0 atom stereocenters. The summed E-state index contributed by atoms with van der Waals surface area (Å²) in [4.78, 5) is 15.5. The Balaban J connectivity index is 2.37. The average molecular weight is 206 g/mol. The number of aromatic nitrogens is 1. The zero-order valence-corrected chi connectivity index (χ0v) is 9.42. The van der Waals surface area contributed by atoms with Crippen LogP contribution in [-0.4, -0.2) is 10.9 Å². The highest BCUT2D eigenvalue weighted by atomic mass is 16.1. The van der Waals surface area contributed by atoms with Crippen LogP contribution in [0.4, 0.5) is 5.82 Å². The van der Waals surface area contributed by atoms with Crippen LogP contribution in [0.25, 0.3) is 0 Å². The number of hydrogen-bond acceptors (Lipinski definition) is 2. The quantitative estimate of drug-likeness (QED) is 0.753. The van der Waals surface area contributed by atoms with E-state index in [-0.39, 0.29) is 5.91 Å². The summed E-state index contributed by atoms with van der Waals surface area (Å²) in [7, 11) is 0. The number of unbranched alkanes of at least 4 members (excludes halogenated alkanes) is 2. The Bertz CT molecular complexity index is 323. The highest BCUT2D eigenvalue weighted by Crippen LogP contribution is 2.07. The molecule has 0 fully saturated rings. The van der Waals surface area contributed by atoms with Crippen molar-refractivity contribution in [3.8, 4) is 0 Å². The van der Waals surface area contributed by atoms with Crippen LogP contribution in [0, 0.1) is 6.92 Å². The third kappa shape index (κ3) is 4.58. The van der Waals surface area contributed by atoms with Crippen molar-refractivity contribution in [3.63, 3.8) is 0 Å². The molecule has 1 rings (SSSR count). The van der Waals surface area contributed by atoms with Crippen molar-refractivity contribution in [1.82, 2.24) is 4.98 Å². The lowest BCUT2D eigenvalue weighted by atomic mass is 10.2. The summed E-state index contributed by atoms with van der Waals surface area (Å²) in [6.07, 6.45) is 5.49. The van der Waals surface area contributed by atoms with Crippen LogP contribution in [-0.2, 0) is 4.79 Å². The number of nitrogens with zero attached hydrogens (tertiary/aromatic N) is 1. The molecule has 1 amide bonds. The van der Waals surface area contributed by atoms with Crippen LogP contribution >= 0.6 is 0 Å². The number of anilines is 1. The molecule has 0 aliphatic carbocycles. The number of carbonyl (C=O) groups excluding carboxylic acids is 1. The fourth-order valence-corrected chi connectivity index (χ4v) is 1.35. The molecule has 0 radical (unpaired) electrons. The summed E-state index contributed by atoms with van der Waals surface area (Å²) in [5, 5.41) is 2.79. The maximum Gasteiger partial charge on any atom is 0.225 e. The van der Waals surface area contributed by atoms with E-state index in [9.17, 15) is 4.79 Å². The molecule has 1 aromatic heterocycles. The summed E-state index contributed by atoms with van der Waals surface area (Å²) in [6.45, 7) is 4.11. The lowest BCUT2D eigenvalue weighted by molar-refractivity contribution is -0.116. The molecule has 1 N–H and O–H groups in total. The van der Waals surface area contributed by atoms with Crippen molar-refractivity contribution in [2.45, 2.75) is 39.5 Å². The Kier molecular flexibility index (Phi) is 4.81. The van der Waals surface area contributed by atoms with Gasteiger partial charge in [-0.1, -0.05) is 19.8 Å². The van der Waals surface area contributed by atoms with Crippen molar-refractivity contribution >= 4 is 11.7 Å². The van der Waals surface area contributed by atoms with Crippen molar-refractivity contribution < 1.29 is 4.79 Å². The van der Waals surface area contributed by atoms with Crippen molar-refractivity contribution in [3.05, 3.63) is 23.9 Å². The average Bonchev–Trinajstić information content (AvgIpc) is 2.18. The van der Waals surface area contributed by atoms with Gasteiger partial charge in [-0.05, 0) is 31.0 Å². The summed E-state index contributed by atoms with van der Waals surface area (Å²) in [5.74, 6) is 0.707. The zero-order valence-electron chi connectivity index (χ0n) is 9.42. The van der Waals surface area contributed by atoms with Gasteiger partial charge in [0.1, 0.15) is 5.82 Å². The lowest BCUT2D eigenvalue weighted by Gasteiger charge is -2.04. The first kappa shape index (κ1) is 11.7. The summed E-state index contributed by atoms with van der Waals surface area (Å²) in [6, 6.07) is 3.78. The van der Waals surface area contributed by atoms with Gasteiger partial charge in [0.2, 0.25) is 5.91 Å². The Labute approximate surface area is 90.9 Å². The van der Waals surface area contributed by atoms with Gasteiger partial charge in [-0.3, -0.25) is 4.79 Å². The van der Waals surface area contributed by atoms with Crippen LogP contribution in [0.5, 0.6) is 0 Å². The molecule has 1 heterocycles. The Hall–Kier alpha value is -1.38. The molecule has 0 spiro atoms. The van der Waals surface area contributed by atoms with E-state index in [1.54, 1.807) is 6.20 Å². The first-order valence-electron chi connectivity index (χ1n) is 5.45. The third-order valence-corrected chi connectivity index (χ3v) is 2.19. The molecule has 0 aliphatic heterocycles. The molecular weight excluding hydrogens is 188 g/mol. The molecule has 0 aliphatic rings. The minimum atomic E-state index is 0.0570. The number of nitrogens with one attached hydrogen (secondary N) is 1. The van der Waals surface area contributed by atoms with E-state index in [2.05, 4.69) is 17.2 Å². The highest BCUT2D eigenvalue weighted by molar-refractivity contribution is 5.89. The molecule has 82 valence electrons. The second-order valence-electron chi connectivity index (χ2n) is 3.72. The van der Waals surface area contributed by atoms with Crippen LogP contribution in [0.2, 0.25) is 0 Å². The summed E-state index contributed by atoms with van der Waals surface area (Å²) in [5.41, 5.74) is 1.11. The van der Waals surface area contributed by atoms with Gasteiger partial charge in [0.05, 0.1) is 0 Å². The number of aryl methyl sites for hydroxylation is 1. The maximum absolute atomic E-state index is 11.4. The predicted molar refractivity (Wildman–Crippen MR) is 61.7 cm³/mol. The molecule has 3 nitrogen and oxygen atoms in total. The molecule has 1 aromatic rings. The van der Waals surface area contributed by atoms with E-state index in [0.717, 1.165) is 24.8 Å². The van der Waals surface area contributed by atoms with Crippen LogP contribution in [0.3, 0.4) is 0 Å². The van der Waals surface area contributed by atoms with Crippen molar-refractivity contribution in [2.24, 2.45) is 0 Å². The van der Waals surface area contributed by atoms with E-state index in [4.69, 9.17) is 0 Å². The van der Waals surface area contributed by atoms with Crippen LogP contribution in [0.15, 0.2) is 18.3 Å². The largest absolute Gasteiger partial charge is 0.311 e. The van der Waals surface area contributed by atoms with E-state index < -0.39 is 0 Å². The number of pyridine rings is 1. The lowest BCUT2D eigenvalue weighted by Crippen LogP contribution is -2.12. The molecule has 0 bridgehead atoms. The molecule has 0 saturated carbocycles. The molecule has 0 saturated heterocycles. The predicted octanol–water partition coefficient (Wildman–Crippen LogP) is 2.91. The van der Waals surface area contributed by atoms with Gasteiger partial charge in [-0.25, -0.2) is 4.98 Å². The molecule has 3 heteroatoms. The standard InChI is InChI=1S/C12H18N2O/c1-3-4-5-6-12(15)14-11-9-10(2)7-8-13-11/h7-9H,3-6H2,1-2H3,(H,13,14,15). The van der Waals surface area contributed by atoms with E-state index in [1.165, 1.54) is 0 Å². The number of carbonyl (C=O) groups is 1. The van der Waals surface area contributed by atoms with Gasteiger partial charge < -0.3 is 5.32 Å². The van der Waals surface area contributed by atoms with Gasteiger partial charge in [0.25, 0.3) is 0 Å². The minimum Gasteiger partial charge on any atom is -0.311 e. The number of amides is 1. The van der Waals surface area contributed by atoms with E-state index in [1.807, 2.05) is 19.1 Å². The molecule has 15 heavy (non-hydrogen) atoms. The van der Waals surface area contributed by atoms with Gasteiger partial charge >= 0.3 is 0 Å². The van der Waals surface area contributed by atoms with Gasteiger partial charge in [0, 0.05) is 12.6 Å². The van der Waals surface area contributed by atoms with Gasteiger partial charge in [-0.15, -0.1) is 0 Å². The van der Waals surface area contributed by atoms with Crippen LogP contribution in [0.1, 0.15) is 38.2 Å². The molecule has 0 aromatic carbocycles. The molecule has 0 unspecified atom stereocenters. The fraction of sp³-hybridized carbons (Fsp3) is 0.500. The number of rotatable bonds is 5. The first-order chi connectivity index (χ1) is 7.22.